The van der Waals surface area contributed by atoms with E-state index in [1.165, 1.54) is 22.4 Å². The van der Waals surface area contributed by atoms with E-state index in [-0.39, 0.29) is 0 Å². The van der Waals surface area contributed by atoms with Crippen molar-refractivity contribution in [2.45, 2.75) is 26.4 Å². The van der Waals surface area contributed by atoms with Crippen molar-refractivity contribution in [3.63, 3.8) is 0 Å². The van der Waals surface area contributed by atoms with Gasteiger partial charge in [0.25, 0.3) is 0 Å². The molecule has 4 nitrogen and oxygen atoms in total. The lowest BCUT2D eigenvalue weighted by molar-refractivity contribution is 0.243. The average molecular weight is 290 g/mol. The van der Waals surface area contributed by atoms with Gasteiger partial charge in [-0.15, -0.1) is 0 Å². The highest BCUT2D eigenvalue weighted by Gasteiger charge is 2.18. The van der Waals surface area contributed by atoms with Gasteiger partial charge in [-0.3, -0.25) is 9.88 Å². The van der Waals surface area contributed by atoms with Crippen LogP contribution >= 0.6 is 0 Å². The minimum Gasteiger partial charge on any atom is -0.294 e. The molecule has 0 saturated carbocycles. The van der Waals surface area contributed by atoms with Crippen molar-refractivity contribution in [1.29, 1.82) is 0 Å². The molecule has 0 unspecified atom stereocenters. The van der Waals surface area contributed by atoms with Crippen molar-refractivity contribution in [2.75, 3.05) is 6.54 Å². The van der Waals surface area contributed by atoms with E-state index in [0.717, 1.165) is 37.1 Å². The molecular formula is C18H18N4. The fraction of sp³-hybridized carbons (Fsp3) is 0.278. The number of aromatic nitrogens is 3. The first-order valence-electron chi connectivity index (χ1n) is 7.64. The van der Waals surface area contributed by atoms with E-state index < -0.39 is 0 Å². The molecule has 0 aliphatic carbocycles. The highest BCUT2D eigenvalue weighted by Crippen LogP contribution is 2.23. The molecule has 0 amide bonds. The lowest BCUT2D eigenvalue weighted by Gasteiger charge is -2.28. The maximum absolute atomic E-state index is 4.75. The molecule has 0 spiro atoms. The first-order chi connectivity index (χ1) is 10.8. The second-order valence-corrected chi connectivity index (χ2v) is 5.98. The Morgan fingerprint density at radius 3 is 3.05 bits per heavy atom. The molecule has 0 fully saturated rings. The molecule has 0 N–H and O–H groups in total. The Morgan fingerprint density at radius 1 is 1.23 bits per heavy atom. The standard InChI is InChI=1S/C18H18N4/c1-13-7-15-8-16-12-22(11-14-3-2-5-19-10-14)6-4-17(16)21-18(15)20-9-13/h2-3,5,7-10H,4,6,11-12H2,1H3. The Kier molecular flexibility index (Phi) is 3.31. The zero-order valence-corrected chi connectivity index (χ0v) is 12.7. The van der Waals surface area contributed by atoms with Crippen molar-refractivity contribution in [3.8, 4) is 0 Å². The fourth-order valence-corrected chi connectivity index (χ4v) is 3.08. The molecule has 1 aliphatic rings. The third-order valence-electron chi connectivity index (χ3n) is 4.16. The second kappa shape index (κ2) is 5.46. The molecule has 4 heteroatoms. The van der Waals surface area contributed by atoms with Gasteiger partial charge in [0.05, 0.1) is 0 Å². The monoisotopic (exact) mass is 290 g/mol. The van der Waals surface area contributed by atoms with Crippen LogP contribution in [0.2, 0.25) is 0 Å². The van der Waals surface area contributed by atoms with Crippen LogP contribution in [-0.4, -0.2) is 26.4 Å². The Balaban J connectivity index is 1.62. The zero-order chi connectivity index (χ0) is 14.9. The van der Waals surface area contributed by atoms with E-state index in [0.29, 0.717) is 0 Å². The summed E-state index contributed by atoms with van der Waals surface area (Å²) in [6.45, 7) is 4.99. The molecule has 0 aromatic carbocycles. The van der Waals surface area contributed by atoms with Crippen molar-refractivity contribution >= 4 is 11.0 Å². The second-order valence-electron chi connectivity index (χ2n) is 5.98. The number of fused-ring (bicyclic) bond motifs is 2. The molecule has 3 aromatic rings. The summed E-state index contributed by atoms with van der Waals surface area (Å²) in [5, 5.41) is 1.14. The zero-order valence-electron chi connectivity index (χ0n) is 12.7. The van der Waals surface area contributed by atoms with Gasteiger partial charge in [-0.2, -0.15) is 0 Å². The summed E-state index contributed by atoms with van der Waals surface area (Å²) >= 11 is 0. The average Bonchev–Trinajstić information content (AvgIpc) is 2.54. The topological polar surface area (TPSA) is 41.9 Å². The number of rotatable bonds is 2. The van der Waals surface area contributed by atoms with Crippen molar-refractivity contribution in [3.05, 3.63) is 65.2 Å². The first-order valence-corrected chi connectivity index (χ1v) is 7.64. The van der Waals surface area contributed by atoms with Crippen molar-refractivity contribution in [2.24, 2.45) is 0 Å². The predicted molar refractivity (Wildman–Crippen MR) is 86.3 cm³/mol. The lowest BCUT2D eigenvalue weighted by Crippen LogP contribution is -2.30. The van der Waals surface area contributed by atoms with Crippen LogP contribution in [0, 0.1) is 6.92 Å². The molecule has 22 heavy (non-hydrogen) atoms. The lowest BCUT2D eigenvalue weighted by atomic mass is 10.0. The fourth-order valence-electron chi connectivity index (χ4n) is 3.08. The van der Waals surface area contributed by atoms with Crippen LogP contribution in [-0.2, 0) is 19.5 Å². The van der Waals surface area contributed by atoms with Crippen LogP contribution < -0.4 is 0 Å². The van der Waals surface area contributed by atoms with Crippen LogP contribution in [0.3, 0.4) is 0 Å². The number of hydrogen-bond acceptors (Lipinski definition) is 4. The molecule has 110 valence electrons. The number of nitrogens with zero attached hydrogens (tertiary/aromatic N) is 4. The number of pyridine rings is 3. The highest BCUT2D eigenvalue weighted by molar-refractivity contribution is 5.76. The third-order valence-corrected chi connectivity index (χ3v) is 4.16. The Bertz CT molecular complexity index is 814. The highest BCUT2D eigenvalue weighted by atomic mass is 15.1. The predicted octanol–water partition coefficient (Wildman–Crippen LogP) is 2.89. The van der Waals surface area contributed by atoms with E-state index in [1.807, 2.05) is 24.7 Å². The molecule has 0 atom stereocenters. The molecule has 0 bridgehead atoms. The summed E-state index contributed by atoms with van der Waals surface area (Å²) in [6.07, 6.45) is 6.64. The van der Waals surface area contributed by atoms with Gasteiger partial charge in [-0.25, -0.2) is 9.97 Å². The molecule has 1 aliphatic heterocycles. The van der Waals surface area contributed by atoms with Gasteiger partial charge in [0.2, 0.25) is 0 Å². The van der Waals surface area contributed by atoms with E-state index in [2.05, 4.69) is 40.0 Å². The van der Waals surface area contributed by atoms with Gasteiger partial charge in [0.1, 0.15) is 0 Å². The molecule has 4 heterocycles. The summed E-state index contributed by atoms with van der Waals surface area (Å²) in [4.78, 5) is 15.8. The minimum absolute atomic E-state index is 0.866. The van der Waals surface area contributed by atoms with Gasteiger partial charge >= 0.3 is 0 Å². The van der Waals surface area contributed by atoms with E-state index in [4.69, 9.17) is 4.98 Å². The summed E-state index contributed by atoms with van der Waals surface area (Å²) < 4.78 is 0. The molecule has 0 saturated heterocycles. The summed E-state index contributed by atoms with van der Waals surface area (Å²) in [7, 11) is 0. The number of aryl methyl sites for hydroxylation is 1. The van der Waals surface area contributed by atoms with Crippen LogP contribution in [0.1, 0.15) is 22.4 Å². The first kappa shape index (κ1) is 13.3. The van der Waals surface area contributed by atoms with Gasteiger partial charge in [-0.1, -0.05) is 6.07 Å². The maximum Gasteiger partial charge on any atom is 0.159 e. The Labute approximate surface area is 129 Å². The van der Waals surface area contributed by atoms with E-state index in [9.17, 15) is 0 Å². The van der Waals surface area contributed by atoms with Crippen molar-refractivity contribution in [1.82, 2.24) is 19.9 Å². The maximum atomic E-state index is 4.75. The summed E-state index contributed by atoms with van der Waals surface area (Å²) in [5.41, 5.74) is 5.83. The Morgan fingerprint density at radius 2 is 2.18 bits per heavy atom. The van der Waals surface area contributed by atoms with Gasteiger partial charge in [0.15, 0.2) is 5.65 Å². The van der Waals surface area contributed by atoms with E-state index in [1.54, 1.807) is 0 Å². The summed E-state index contributed by atoms with van der Waals surface area (Å²) in [6, 6.07) is 8.55. The molecule has 0 radical (unpaired) electrons. The van der Waals surface area contributed by atoms with Crippen LogP contribution in [0.15, 0.2) is 42.9 Å². The van der Waals surface area contributed by atoms with Crippen LogP contribution in [0.25, 0.3) is 11.0 Å². The third kappa shape index (κ3) is 2.57. The smallest absolute Gasteiger partial charge is 0.159 e. The molecular weight excluding hydrogens is 272 g/mol. The van der Waals surface area contributed by atoms with E-state index >= 15 is 0 Å². The number of hydrogen-bond donors (Lipinski definition) is 0. The molecule has 4 rings (SSSR count). The van der Waals surface area contributed by atoms with Crippen molar-refractivity contribution < 1.29 is 0 Å². The molecule has 3 aromatic heterocycles. The minimum atomic E-state index is 0.866. The van der Waals surface area contributed by atoms with Crippen LogP contribution in [0.4, 0.5) is 0 Å². The largest absolute Gasteiger partial charge is 0.294 e. The SMILES string of the molecule is Cc1cnc2nc3c(cc2c1)CN(Cc1cccnc1)CC3. The van der Waals surface area contributed by atoms with Gasteiger partial charge in [-0.05, 0) is 41.8 Å². The summed E-state index contributed by atoms with van der Waals surface area (Å²) in [5.74, 6) is 0. The van der Waals surface area contributed by atoms with Gasteiger partial charge in [0, 0.05) is 55.7 Å². The normalized spacial score (nSPS) is 15.0. The van der Waals surface area contributed by atoms with Gasteiger partial charge < -0.3 is 0 Å². The van der Waals surface area contributed by atoms with Crippen LogP contribution in [0.5, 0.6) is 0 Å². The Hall–Kier alpha value is -2.33. The quantitative estimate of drug-likeness (QED) is 0.728.